The highest BCUT2D eigenvalue weighted by molar-refractivity contribution is 7.21. The van der Waals surface area contributed by atoms with Crippen LogP contribution in [0.4, 0.5) is 5.13 Å². The quantitative estimate of drug-likeness (QED) is 0.360. The van der Waals surface area contributed by atoms with E-state index in [4.69, 9.17) is 0 Å². The standard InChI is InChI=1S/C25H25N3OS2/c1-16-11-13-17(14-12-16)15-20-19-9-5-6-10-21(19)30-22(20)23(29)26-25-28-27-24(31-25)18-7-3-2-4-8-18/h5-6,9-14,18H,2-4,7-8,15H2,1H3,(H,26,28,29). The van der Waals surface area contributed by atoms with Gasteiger partial charge in [0, 0.05) is 10.6 Å². The van der Waals surface area contributed by atoms with Crippen LogP contribution in [0.15, 0.2) is 48.5 Å². The number of fused-ring (bicyclic) bond motifs is 1. The maximum absolute atomic E-state index is 13.3. The first-order valence-electron chi connectivity index (χ1n) is 10.9. The second-order valence-electron chi connectivity index (χ2n) is 8.30. The van der Waals surface area contributed by atoms with E-state index in [0.29, 0.717) is 11.0 Å². The molecule has 1 aliphatic carbocycles. The Bertz CT molecular complexity index is 1200. The summed E-state index contributed by atoms with van der Waals surface area (Å²) in [6.07, 6.45) is 6.93. The van der Waals surface area contributed by atoms with Crippen LogP contribution in [0.25, 0.3) is 10.1 Å². The van der Waals surface area contributed by atoms with Crippen LogP contribution in [-0.4, -0.2) is 16.1 Å². The number of aryl methyl sites for hydroxylation is 1. The van der Waals surface area contributed by atoms with Gasteiger partial charge in [0.2, 0.25) is 5.13 Å². The van der Waals surface area contributed by atoms with E-state index >= 15 is 0 Å². The van der Waals surface area contributed by atoms with Gasteiger partial charge >= 0.3 is 0 Å². The minimum Gasteiger partial charge on any atom is -0.296 e. The summed E-state index contributed by atoms with van der Waals surface area (Å²) in [6, 6.07) is 16.8. The van der Waals surface area contributed by atoms with Crippen molar-refractivity contribution in [1.29, 1.82) is 0 Å². The van der Waals surface area contributed by atoms with E-state index in [0.717, 1.165) is 32.0 Å². The molecule has 4 aromatic rings. The van der Waals surface area contributed by atoms with Crippen LogP contribution in [0.3, 0.4) is 0 Å². The third kappa shape index (κ3) is 4.41. The summed E-state index contributed by atoms with van der Waals surface area (Å²) < 4.78 is 1.13. The molecule has 0 atom stereocenters. The molecule has 0 aliphatic heterocycles. The van der Waals surface area contributed by atoms with Gasteiger partial charge in [-0.3, -0.25) is 10.1 Å². The molecule has 31 heavy (non-hydrogen) atoms. The fourth-order valence-electron chi connectivity index (χ4n) is 4.32. The van der Waals surface area contributed by atoms with Gasteiger partial charge in [-0.05, 0) is 48.8 Å². The van der Waals surface area contributed by atoms with Crippen LogP contribution in [-0.2, 0) is 6.42 Å². The number of rotatable bonds is 5. The zero-order valence-electron chi connectivity index (χ0n) is 17.6. The second-order valence-corrected chi connectivity index (χ2v) is 10.4. The fourth-order valence-corrected chi connectivity index (χ4v) is 6.35. The van der Waals surface area contributed by atoms with Gasteiger partial charge < -0.3 is 0 Å². The average Bonchev–Trinajstić information content (AvgIpc) is 3.41. The molecule has 0 spiro atoms. The van der Waals surface area contributed by atoms with Crippen LogP contribution in [0.1, 0.15) is 69.4 Å². The lowest BCUT2D eigenvalue weighted by atomic mass is 9.90. The summed E-state index contributed by atoms with van der Waals surface area (Å²) in [5.41, 5.74) is 3.53. The Morgan fingerprint density at radius 1 is 1.00 bits per heavy atom. The highest BCUT2D eigenvalue weighted by Crippen LogP contribution is 2.36. The van der Waals surface area contributed by atoms with Gasteiger partial charge in [0.25, 0.3) is 5.91 Å². The van der Waals surface area contributed by atoms with Crippen molar-refractivity contribution in [2.45, 2.75) is 51.4 Å². The molecule has 0 bridgehead atoms. The first-order chi connectivity index (χ1) is 15.2. The van der Waals surface area contributed by atoms with Crippen molar-refractivity contribution in [2.75, 3.05) is 5.32 Å². The largest absolute Gasteiger partial charge is 0.296 e. The number of nitrogens with zero attached hydrogens (tertiary/aromatic N) is 2. The fraction of sp³-hybridized carbons (Fsp3) is 0.320. The van der Waals surface area contributed by atoms with E-state index in [1.807, 2.05) is 12.1 Å². The lowest BCUT2D eigenvalue weighted by Gasteiger charge is -2.18. The number of hydrogen-bond donors (Lipinski definition) is 1. The third-order valence-electron chi connectivity index (χ3n) is 6.02. The number of amides is 1. The van der Waals surface area contributed by atoms with Crippen molar-refractivity contribution >= 4 is 43.8 Å². The average molecular weight is 448 g/mol. The van der Waals surface area contributed by atoms with Crippen molar-refractivity contribution in [3.05, 3.63) is 75.1 Å². The Hall–Kier alpha value is -2.57. The summed E-state index contributed by atoms with van der Waals surface area (Å²) in [6.45, 7) is 2.09. The Morgan fingerprint density at radius 3 is 2.58 bits per heavy atom. The smallest absolute Gasteiger partial charge is 0.267 e. The summed E-state index contributed by atoms with van der Waals surface area (Å²) in [4.78, 5) is 14.0. The zero-order valence-corrected chi connectivity index (χ0v) is 19.2. The normalized spacial score (nSPS) is 14.7. The van der Waals surface area contributed by atoms with Gasteiger partial charge in [0.1, 0.15) is 5.01 Å². The molecule has 0 radical (unpaired) electrons. The Kier molecular flexibility index (Phi) is 5.83. The number of nitrogens with one attached hydrogen (secondary N) is 1. The van der Waals surface area contributed by atoms with Crippen LogP contribution in [0, 0.1) is 6.92 Å². The Balaban J connectivity index is 1.42. The molecular formula is C25H25N3OS2. The first-order valence-corrected chi connectivity index (χ1v) is 12.5. The third-order valence-corrected chi connectivity index (χ3v) is 8.23. The van der Waals surface area contributed by atoms with E-state index in [2.05, 4.69) is 58.8 Å². The van der Waals surface area contributed by atoms with Crippen molar-refractivity contribution in [3.8, 4) is 0 Å². The molecule has 2 aromatic heterocycles. The predicted octanol–water partition coefficient (Wildman–Crippen LogP) is 6.95. The van der Waals surface area contributed by atoms with Crippen LogP contribution in [0.5, 0.6) is 0 Å². The molecule has 158 valence electrons. The topological polar surface area (TPSA) is 54.9 Å². The lowest BCUT2D eigenvalue weighted by Crippen LogP contribution is -2.12. The molecule has 6 heteroatoms. The van der Waals surface area contributed by atoms with E-state index in [9.17, 15) is 4.79 Å². The number of thiophene rings is 1. The summed E-state index contributed by atoms with van der Waals surface area (Å²) in [7, 11) is 0. The zero-order chi connectivity index (χ0) is 21.2. The van der Waals surface area contributed by atoms with Crippen molar-refractivity contribution in [2.24, 2.45) is 0 Å². The SMILES string of the molecule is Cc1ccc(Cc2c(C(=O)Nc3nnc(C4CCCCC4)s3)sc3ccccc23)cc1. The molecule has 1 fully saturated rings. The van der Waals surface area contributed by atoms with E-state index < -0.39 is 0 Å². The van der Waals surface area contributed by atoms with Gasteiger partial charge in [-0.1, -0.05) is 78.6 Å². The second kappa shape index (κ2) is 8.89. The molecule has 2 heterocycles. The minimum atomic E-state index is -0.0883. The van der Waals surface area contributed by atoms with E-state index in [1.165, 1.54) is 54.6 Å². The predicted molar refractivity (Wildman–Crippen MR) is 129 cm³/mol. The van der Waals surface area contributed by atoms with Crippen molar-refractivity contribution in [1.82, 2.24) is 10.2 Å². The highest BCUT2D eigenvalue weighted by Gasteiger charge is 2.22. The van der Waals surface area contributed by atoms with Crippen molar-refractivity contribution in [3.63, 3.8) is 0 Å². The van der Waals surface area contributed by atoms with Gasteiger partial charge in [0.05, 0.1) is 4.88 Å². The highest BCUT2D eigenvalue weighted by atomic mass is 32.1. The molecule has 1 aliphatic rings. The summed E-state index contributed by atoms with van der Waals surface area (Å²) in [5, 5.41) is 14.5. The molecular weight excluding hydrogens is 422 g/mol. The summed E-state index contributed by atoms with van der Waals surface area (Å²) >= 11 is 3.08. The van der Waals surface area contributed by atoms with Gasteiger partial charge in [-0.2, -0.15) is 0 Å². The van der Waals surface area contributed by atoms with E-state index in [-0.39, 0.29) is 5.91 Å². The van der Waals surface area contributed by atoms with Gasteiger partial charge in [-0.15, -0.1) is 21.5 Å². The summed E-state index contributed by atoms with van der Waals surface area (Å²) in [5.74, 6) is 0.410. The molecule has 0 saturated heterocycles. The van der Waals surface area contributed by atoms with Crippen LogP contribution >= 0.6 is 22.7 Å². The molecule has 5 rings (SSSR count). The number of hydrogen-bond acceptors (Lipinski definition) is 5. The Labute approximate surface area is 190 Å². The van der Waals surface area contributed by atoms with Crippen LogP contribution in [0.2, 0.25) is 0 Å². The first kappa shape index (κ1) is 20.3. The number of carbonyl (C=O) groups is 1. The molecule has 4 nitrogen and oxygen atoms in total. The Morgan fingerprint density at radius 2 is 1.77 bits per heavy atom. The number of carbonyl (C=O) groups excluding carboxylic acids is 1. The molecule has 1 saturated carbocycles. The number of anilines is 1. The van der Waals surface area contributed by atoms with Gasteiger partial charge in [0.15, 0.2) is 0 Å². The van der Waals surface area contributed by atoms with Crippen molar-refractivity contribution < 1.29 is 4.79 Å². The number of aromatic nitrogens is 2. The maximum atomic E-state index is 13.3. The lowest BCUT2D eigenvalue weighted by molar-refractivity contribution is 0.103. The number of benzene rings is 2. The van der Waals surface area contributed by atoms with Crippen LogP contribution < -0.4 is 5.32 Å². The monoisotopic (exact) mass is 447 g/mol. The molecule has 0 unspecified atom stereocenters. The minimum absolute atomic E-state index is 0.0883. The maximum Gasteiger partial charge on any atom is 0.267 e. The molecule has 1 N–H and O–H groups in total. The molecule has 1 amide bonds. The van der Waals surface area contributed by atoms with Gasteiger partial charge in [-0.25, -0.2) is 0 Å². The van der Waals surface area contributed by atoms with E-state index in [1.54, 1.807) is 11.3 Å². The molecule has 2 aromatic carbocycles.